The lowest BCUT2D eigenvalue weighted by molar-refractivity contribution is -0.144. The molecular weight excluding hydrogens is 276 g/mol. The summed E-state index contributed by atoms with van der Waals surface area (Å²) in [7, 11) is 0. The Labute approximate surface area is 128 Å². The van der Waals surface area contributed by atoms with Gasteiger partial charge in [-0.3, -0.25) is 0 Å². The highest BCUT2D eigenvalue weighted by atomic mass is 16.5. The average Bonchev–Trinajstić information content (AvgIpc) is 2.55. The molecule has 1 atom stereocenters. The van der Waals surface area contributed by atoms with Crippen LogP contribution in [0.3, 0.4) is 0 Å². The molecule has 0 unspecified atom stereocenters. The molecule has 110 valence electrons. The van der Waals surface area contributed by atoms with Gasteiger partial charge in [0.2, 0.25) is 0 Å². The van der Waals surface area contributed by atoms with Crippen LogP contribution in [0.25, 0.3) is 10.8 Å². The zero-order valence-electron chi connectivity index (χ0n) is 12.0. The third kappa shape index (κ3) is 3.09. The van der Waals surface area contributed by atoms with Crippen molar-refractivity contribution in [3.05, 3.63) is 78.4 Å². The van der Waals surface area contributed by atoms with Crippen LogP contribution in [0.1, 0.15) is 5.56 Å². The van der Waals surface area contributed by atoms with E-state index in [1.165, 1.54) is 0 Å². The number of carbonyl (C=O) groups is 1. The number of rotatable bonds is 5. The van der Waals surface area contributed by atoms with E-state index < -0.39 is 12.1 Å². The molecule has 0 radical (unpaired) electrons. The second kappa shape index (κ2) is 6.31. The highest BCUT2D eigenvalue weighted by molar-refractivity contribution is 5.88. The van der Waals surface area contributed by atoms with Crippen LogP contribution in [0, 0.1) is 0 Å². The molecule has 3 aromatic rings. The normalized spacial score (nSPS) is 12.0. The summed E-state index contributed by atoms with van der Waals surface area (Å²) in [6.07, 6.45) is -0.576. The van der Waals surface area contributed by atoms with Crippen molar-refractivity contribution in [1.82, 2.24) is 0 Å². The summed E-state index contributed by atoms with van der Waals surface area (Å²) >= 11 is 0. The van der Waals surface area contributed by atoms with E-state index in [1.54, 1.807) is 0 Å². The zero-order chi connectivity index (χ0) is 15.4. The molecule has 0 saturated heterocycles. The van der Waals surface area contributed by atoms with Gasteiger partial charge in [0.1, 0.15) is 5.75 Å². The minimum Gasteiger partial charge on any atom is -0.478 e. The van der Waals surface area contributed by atoms with Crippen LogP contribution in [0.15, 0.2) is 72.8 Å². The number of hydrogen-bond acceptors (Lipinski definition) is 2. The second-order valence-electron chi connectivity index (χ2n) is 5.11. The Morgan fingerprint density at radius 1 is 0.909 bits per heavy atom. The number of carboxylic acids is 1. The maximum atomic E-state index is 11.5. The summed E-state index contributed by atoms with van der Waals surface area (Å²) in [4.78, 5) is 11.5. The number of aliphatic carboxylic acids is 1. The van der Waals surface area contributed by atoms with Crippen LogP contribution in [-0.4, -0.2) is 17.2 Å². The molecule has 0 spiro atoms. The van der Waals surface area contributed by atoms with Gasteiger partial charge >= 0.3 is 5.97 Å². The van der Waals surface area contributed by atoms with Crippen molar-refractivity contribution in [3.63, 3.8) is 0 Å². The standard InChI is InChI=1S/C19H16O3/c20-19(21)18(13-14-7-2-1-3-8-14)22-17-12-6-10-15-9-4-5-11-16(15)17/h1-12,18H,13H2,(H,20,21)/t18-/m1/s1. The minimum atomic E-state index is -0.961. The van der Waals surface area contributed by atoms with E-state index in [0.29, 0.717) is 12.2 Å². The second-order valence-corrected chi connectivity index (χ2v) is 5.11. The first-order valence-electron chi connectivity index (χ1n) is 7.15. The molecule has 0 aliphatic carbocycles. The maximum Gasteiger partial charge on any atom is 0.345 e. The quantitative estimate of drug-likeness (QED) is 0.775. The summed E-state index contributed by atoms with van der Waals surface area (Å²) in [6, 6.07) is 23.0. The van der Waals surface area contributed by atoms with Gasteiger partial charge in [0.05, 0.1) is 0 Å². The number of carboxylic acid groups (broad SMARTS) is 1. The third-order valence-corrected chi connectivity index (χ3v) is 3.56. The summed E-state index contributed by atoms with van der Waals surface area (Å²) in [5, 5.41) is 11.4. The Kier molecular flexibility index (Phi) is 4.05. The molecule has 0 aliphatic heterocycles. The van der Waals surface area contributed by atoms with Crippen LogP contribution in [0.4, 0.5) is 0 Å². The smallest absolute Gasteiger partial charge is 0.345 e. The van der Waals surface area contributed by atoms with Crippen molar-refractivity contribution in [2.24, 2.45) is 0 Å². The number of hydrogen-bond donors (Lipinski definition) is 1. The molecule has 22 heavy (non-hydrogen) atoms. The lowest BCUT2D eigenvalue weighted by Crippen LogP contribution is -2.29. The van der Waals surface area contributed by atoms with Gasteiger partial charge in [0.25, 0.3) is 0 Å². The van der Waals surface area contributed by atoms with Gasteiger partial charge < -0.3 is 9.84 Å². The van der Waals surface area contributed by atoms with Crippen LogP contribution < -0.4 is 4.74 Å². The molecule has 0 heterocycles. The van der Waals surface area contributed by atoms with Gasteiger partial charge in [-0.15, -0.1) is 0 Å². The Morgan fingerprint density at radius 3 is 2.36 bits per heavy atom. The predicted molar refractivity (Wildman–Crippen MR) is 86.1 cm³/mol. The fourth-order valence-electron chi connectivity index (χ4n) is 2.46. The Morgan fingerprint density at radius 2 is 1.59 bits per heavy atom. The Hall–Kier alpha value is -2.81. The minimum absolute atomic E-state index is 0.333. The first-order chi connectivity index (χ1) is 10.7. The van der Waals surface area contributed by atoms with Crippen LogP contribution in [0.2, 0.25) is 0 Å². The highest BCUT2D eigenvalue weighted by Crippen LogP contribution is 2.26. The van der Waals surface area contributed by atoms with E-state index in [4.69, 9.17) is 4.74 Å². The number of benzene rings is 3. The number of ether oxygens (including phenoxy) is 1. The molecule has 0 bridgehead atoms. The SMILES string of the molecule is O=C(O)[C@@H](Cc1ccccc1)Oc1cccc2ccccc12. The molecule has 0 saturated carbocycles. The van der Waals surface area contributed by atoms with E-state index in [1.807, 2.05) is 72.8 Å². The topological polar surface area (TPSA) is 46.5 Å². The molecule has 3 heteroatoms. The molecule has 0 aliphatic rings. The molecule has 3 nitrogen and oxygen atoms in total. The van der Waals surface area contributed by atoms with Gasteiger partial charge in [0.15, 0.2) is 6.10 Å². The van der Waals surface area contributed by atoms with Crippen LogP contribution >= 0.6 is 0 Å². The molecular formula is C19H16O3. The first kappa shape index (κ1) is 14.1. The number of fused-ring (bicyclic) bond motifs is 1. The van der Waals surface area contributed by atoms with Crippen LogP contribution in [0.5, 0.6) is 5.75 Å². The Bertz CT molecular complexity index is 776. The summed E-state index contributed by atoms with van der Waals surface area (Å²) in [5.74, 6) is -0.363. The molecule has 0 aromatic heterocycles. The van der Waals surface area contributed by atoms with Gasteiger partial charge in [-0.25, -0.2) is 4.79 Å². The van der Waals surface area contributed by atoms with Crippen molar-refractivity contribution in [2.45, 2.75) is 12.5 Å². The van der Waals surface area contributed by atoms with Crippen molar-refractivity contribution in [2.75, 3.05) is 0 Å². The lowest BCUT2D eigenvalue weighted by atomic mass is 10.1. The van der Waals surface area contributed by atoms with Gasteiger partial charge in [-0.1, -0.05) is 66.7 Å². The largest absolute Gasteiger partial charge is 0.478 e. The highest BCUT2D eigenvalue weighted by Gasteiger charge is 2.20. The lowest BCUT2D eigenvalue weighted by Gasteiger charge is -2.16. The molecule has 1 N–H and O–H groups in total. The monoisotopic (exact) mass is 292 g/mol. The van der Waals surface area contributed by atoms with Crippen molar-refractivity contribution >= 4 is 16.7 Å². The molecule has 0 amide bonds. The van der Waals surface area contributed by atoms with Crippen molar-refractivity contribution in [1.29, 1.82) is 0 Å². The zero-order valence-corrected chi connectivity index (χ0v) is 12.0. The fourth-order valence-corrected chi connectivity index (χ4v) is 2.46. The Balaban J connectivity index is 1.88. The van der Waals surface area contributed by atoms with Gasteiger partial charge in [-0.05, 0) is 17.0 Å². The van der Waals surface area contributed by atoms with E-state index in [9.17, 15) is 9.90 Å². The fraction of sp³-hybridized carbons (Fsp3) is 0.105. The molecule has 0 fully saturated rings. The first-order valence-corrected chi connectivity index (χ1v) is 7.15. The van der Waals surface area contributed by atoms with Gasteiger partial charge in [0, 0.05) is 11.8 Å². The van der Waals surface area contributed by atoms with Crippen LogP contribution in [-0.2, 0) is 11.2 Å². The van der Waals surface area contributed by atoms with E-state index in [-0.39, 0.29) is 0 Å². The molecule has 3 rings (SSSR count). The summed E-state index contributed by atoms with van der Waals surface area (Å²) in [6.45, 7) is 0. The van der Waals surface area contributed by atoms with Crippen molar-refractivity contribution < 1.29 is 14.6 Å². The van der Waals surface area contributed by atoms with E-state index >= 15 is 0 Å². The average molecular weight is 292 g/mol. The van der Waals surface area contributed by atoms with E-state index in [0.717, 1.165) is 16.3 Å². The van der Waals surface area contributed by atoms with E-state index in [2.05, 4.69) is 0 Å². The maximum absolute atomic E-state index is 11.5. The molecule has 3 aromatic carbocycles. The van der Waals surface area contributed by atoms with Gasteiger partial charge in [-0.2, -0.15) is 0 Å². The summed E-state index contributed by atoms with van der Waals surface area (Å²) < 4.78 is 5.79. The summed E-state index contributed by atoms with van der Waals surface area (Å²) in [5.41, 5.74) is 0.940. The predicted octanol–water partition coefficient (Wildman–Crippen LogP) is 3.91. The van der Waals surface area contributed by atoms with Crippen molar-refractivity contribution in [3.8, 4) is 5.75 Å². The third-order valence-electron chi connectivity index (χ3n) is 3.56.